The number of aromatic nitrogens is 4. The van der Waals surface area contributed by atoms with E-state index < -0.39 is 19.7 Å². The molecule has 2 aromatic heterocycles. The zero-order valence-electron chi connectivity index (χ0n) is 33.1. The molecule has 2 fully saturated rings. The Morgan fingerprint density at radius 1 is 0.638 bits per heavy atom. The summed E-state index contributed by atoms with van der Waals surface area (Å²) in [5.41, 5.74) is 6.95. The topological polar surface area (TPSA) is 226 Å². The predicted molar refractivity (Wildman–Crippen MR) is 220 cm³/mol. The van der Waals surface area contributed by atoms with Crippen LogP contribution in [0.3, 0.4) is 0 Å². The number of H-pyrrole nitrogens is 2. The van der Waals surface area contributed by atoms with E-state index in [9.17, 15) is 26.4 Å². The Balaban J connectivity index is 0.000000177. The molecule has 16 nitrogen and oxygen atoms in total. The quantitative estimate of drug-likeness (QED) is 0.0981. The SMILES string of the molecule is CC(C)NC(=O)OC1CC(c2cc(Nc3cccc4c3CS(=O)(=O)C4)n[nH]2)C1.CC(C)NC(=O)OC1CCC(c2cc(Nc3cccc4c3CS(=O)(=O)C4)n[nH]2)CC1. The van der Waals surface area contributed by atoms with Crippen molar-refractivity contribution in [3.63, 3.8) is 0 Å². The van der Waals surface area contributed by atoms with Gasteiger partial charge in [0, 0.05) is 58.8 Å². The Hall–Kier alpha value is -5.10. The molecule has 0 bridgehead atoms. The molecule has 0 unspecified atom stereocenters. The van der Waals surface area contributed by atoms with Crippen molar-refractivity contribution in [2.24, 2.45) is 0 Å². The van der Waals surface area contributed by atoms with Crippen molar-refractivity contribution in [1.82, 2.24) is 31.0 Å². The first kappa shape index (κ1) is 41.1. The number of carbonyl (C=O) groups is 2. The number of amides is 2. The third kappa shape index (κ3) is 10.3. The number of alkyl carbamates (subject to hydrolysis) is 2. The van der Waals surface area contributed by atoms with E-state index in [0.717, 1.165) is 83.5 Å². The summed E-state index contributed by atoms with van der Waals surface area (Å²) >= 11 is 0. The molecular formula is C40H52N8O8S2. The zero-order valence-corrected chi connectivity index (χ0v) is 34.8. The van der Waals surface area contributed by atoms with Crippen LogP contribution in [0, 0.1) is 0 Å². The van der Waals surface area contributed by atoms with Crippen LogP contribution in [0.25, 0.3) is 0 Å². The van der Waals surface area contributed by atoms with Gasteiger partial charge < -0.3 is 30.7 Å². The summed E-state index contributed by atoms with van der Waals surface area (Å²) in [5.74, 6) is 2.25. The van der Waals surface area contributed by atoms with Crippen LogP contribution in [-0.2, 0) is 52.2 Å². The van der Waals surface area contributed by atoms with Crippen molar-refractivity contribution in [1.29, 1.82) is 0 Å². The molecule has 2 amide bonds. The third-order valence-electron chi connectivity index (χ3n) is 10.8. The molecule has 2 aliphatic carbocycles. The number of nitrogens with zero attached hydrogens (tertiary/aromatic N) is 2. The first-order valence-corrected chi connectivity index (χ1v) is 23.4. The summed E-state index contributed by atoms with van der Waals surface area (Å²) in [6, 6.07) is 15.2. The normalized spacial score (nSPS) is 22.4. The van der Waals surface area contributed by atoms with Gasteiger partial charge in [-0.2, -0.15) is 10.2 Å². The highest BCUT2D eigenvalue weighted by Crippen LogP contribution is 2.40. The lowest BCUT2D eigenvalue weighted by Crippen LogP contribution is -2.38. The molecule has 0 spiro atoms. The summed E-state index contributed by atoms with van der Waals surface area (Å²) < 4.78 is 58.6. The summed E-state index contributed by atoms with van der Waals surface area (Å²) in [4.78, 5) is 23.4. The fourth-order valence-electron chi connectivity index (χ4n) is 7.88. The minimum Gasteiger partial charge on any atom is -0.446 e. The van der Waals surface area contributed by atoms with E-state index >= 15 is 0 Å². The van der Waals surface area contributed by atoms with Crippen LogP contribution in [0.2, 0.25) is 0 Å². The second kappa shape index (κ2) is 17.0. The first-order valence-electron chi connectivity index (χ1n) is 19.8. The summed E-state index contributed by atoms with van der Waals surface area (Å²) in [6.07, 6.45) is 4.14. The molecule has 8 rings (SSSR count). The molecule has 0 radical (unpaired) electrons. The van der Waals surface area contributed by atoms with Gasteiger partial charge >= 0.3 is 12.2 Å². The van der Waals surface area contributed by atoms with Crippen molar-refractivity contribution in [3.05, 3.63) is 82.2 Å². The van der Waals surface area contributed by atoms with Crippen LogP contribution in [0.5, 0.6) is 0 Å². The van der Waals surface area contributed by atoms with Crippen molar-refractivity contribution in [3.8, 4) is 0 Å². The molecule has 2 saturated carbocycles. The van der Waals surface area contributed by atoms with Gasteiger partial charge in [0.25, 0.3) is 0 Å². The lowest BCUT2D eigenvalue weighted by atomic mass is 9.80. The van der Waals surface area contributed by atoms with Gasteiger partial charge in [0.15, 0.2) is 31.3 Å². The van der Waals surface area contributed by atoms with E-state index in [1.807, 2.05) is 76.2 Å². The number of ether oxygens (including phenoxy) is 2. The van der Waals surface area contributed by atoms with Crippen molar-refractivity contribution in [2.75, 3.05) is 10.6 Å². The van der Waals surface area contributed by atoms with Crippen molar-refractivity contribution in [2.45, 2.75) is 125 Å². The molecule has 0 saturated heterocycles. The Kier molecular flexibility index (Phi) is 12.0. The Morgan fingerprint density at radius 2 is 1.09 bits per heavy atom. The molecule has 58 heavy (non-hydrogen) atoms. The fraction of sp³-hybridized carbons (Fsp3) is 0.500. The van der Waals surface area contributed by atoms with E-state index in [1.165, 1.54) is 0 Å². The van der Waals surface area contributed by atoms with Gasteiger partial charge in [0.2, 0.25) is 0 Å². The standard InChI is InChI=1S/C21H28N4O4S.C19H24N4O4S/c1-13(2)22-21(26)29-16-8-6-14(7-9-16)19-10-20(25-24-19)23-18-5-3-4-15-11-30(27,28)12-17(15)18;1-11(2)20-19(24)27-14-6-13(7-14)17-8-18(23-22-17)21-16-5-3-4-12-9-28(25,26)10-15(12)16/h3-5,10,13-14,16H,6-9,11-12H2,1-2H3,(H,22,26)(H2,23,24,25);3-5,8,11,13-14H,6-7,9-10H2,1-2H3,(H,20,24)(H2,21,22,23). The Morgan fingerprint density at radius 3 is 1.55 bits per heavy atom. The number of aromatic amines is 2. The molecule has 4 aromatic rings. The van der Waals surface area contributed by atoms with E-state index in [4.69, 9.17) is 9.47 Å². The van der Waals surface area contributed by atoms with Gasteiger partial charge in [-0.15, -0.1) is 0 Å². The van der Waals surface area contributed by atoms with E-state index in [-0.39, 0.29) is 65.4 Å². The summed E-state index contributed by atoms with van der Waals surface area (Å²) in [7, 11) is -6.12. The number of sulfone groups is 2. The fourth-order valence-corrected chi connectivity index (χ4v) is 11.1. The minimum atomic E-state index is -3.06. The maximum Gasteiger partial charge on any atom is 0.407 e. The number of rotatable bonds is 10. The molecule has 4 aliphatic rings. The maximum atomic E-state index is 12.0. The molecule has 6 N–H and O–H groups in total. The van der Waals surface area contributed by atoms with Crippen molar-refractivity contribution >= 4 is 54.9 Å². The van der Waals surface area contributed by atoms with Gasteiger partial charge in [-0.1, -0.05) is 24.3 Å². The monoisotopic (exact) mass is 836 g/mol. The van der Waals surface area contributed by atoms with Gasteiger partial charge in [0.05, 0.1) is 23.0 Å². The van der Waals surface area contributed by atoms with Crippen LogP contribution in [-0.4, -0.2) is 73.7 Å². The highest BCUT2D eigenvalue weighted by Gasteiger charge is 2.35. The number of fused-ring (bicyclic) bond motifs is 2. The predicted octanol–water partition coefficient (Wildman–Crippen LogP) is 6.70. The largest absolute Gasteiger partial charge is 0.446 e. The van der Waals surface area contributed by atoms with Gasteiger partial charge in [-0.3, -0.25) is 10.2 Å². The van der Waals surface area contributed by atoms with E-state index in [1.54, 1.807) is 0 Å². The van der Waals surface area contributed by atoms with Gasteiger partial charge in [-0.25, -0.2) is 26.4 Å². The highest BCUT2D eigenvalue weighted by molar-refractivity contribution is 7.90. The number of benzene rings is 2. The van der Waals surface area contributed by atoms with Crippen LogP contribution in [0.1, 0.15) is 112 Å². The van der Waals surface area contributed by atoms with Crippen molar-refractivity contribution < 1.29 is 35.9 Å². The average molecular weight is 837 g/mol. The average Bonchev–Trinajstić information content (AvgIpc) is 3.91. The maximum absolute atomic E-state index is 12.0. The summed E-state index contributed by atoms with van der Waals surface area (Å²) in [6.45, 7) is 7.60. The molecule has 2 aliphatic heterocycles. The molecule has 0 atom stereocenters. The van der Waals surface area contributed by atoms with Gasteiger partial charge in [-0.05, 0) is 101 Å². The number of nitrogens with one attached hydrogen (secondary N) is 6. The van der Waals surface area contributed by atoms with Crippen LogP contribution in [0.4, 0.5) is 32.6 Å². The molecule has 312 valence electrons. The smallest absolute Gasteiger partial charge is 0.407 e. The molecular weight excluding hydrogens is 785 g/mol. The van der Waals surface area contributed by atoms with Gasteiger partial charge in [0.1, 0.15) is 12.2 Å². The number of anilines is 4. The van der Waals surface area contributed by atoms with E-state index in [2.05, 4.69) is 41.7 Å². The molecule has 18 heteroatoms. The van der Waals surface area contributed by atoms with Crippen LogP contribution < -0.4 is 21.3 Å². The second-order valence-corrected chi connectivity index (χ2v) is 20.4. The van der Waals surface area contributed by atoms with E-state index in [0.29, 0.717) is 17.6 Å². The minimum absolute atomic E-state index is 0.0469. The molecule has 2 aromatic carbocycles. The lowest BCUT2D eigenvalue weighted by Gasteiger charge is -2.33. The number of hydrogen-bond acceptors (Lipinski definition) is 12. The number of carbonyl (C=O) groups excluding carboxylic acids is 2. The zero-order chi connectivity index (χ0) is 41.2. The third-order valence-corrected chi connectivity index (χ3v) is 13.7. The van der Waals surface area contributed by atoms with Crippen LogP contribution >= 0.6 is 0 Å². The first-order chi connectivity index (χ1) is 27.6. The highest BCUT2D eigenvalue weighted by atomic mass is 32.2. The Bertz CT molecular complexity index is 2340. The molecule has 4 heterocycles. The Labute approximate surface area is 338 Å². The van der Waals surface area contributed by atoms with Crippen LogP contribution in [0.15, 0.2) is 48.5 Å². The number of hydrogen-bond donors (Lipinski definition) is 6. The second-order valence-electron chi connectivity index (χ2n) is 16.3. The summed E-state index contributed by atoms with van der Waals surface area (Å²) in [5, 5.41) is 26.8. The lowest BCUT2D eigenvalue weighted by molar-refractivity contribution is 0.0374.